The Hall–Kier alpha value is -1.97. The van der Waals surface area contributed by atoms with Crippen LogP contribution in [0.3, 0.4) is 0 Å². The molecule has 0 aliphatic heterocycles. The van der Waals surface area contributed by atoms with E-state index < -0.39 is 0 Å². The molecule has 0 saturated heterocycles. The van der Waals surface area contributed by atoms with Gasteiger partial charge in [-0.25, -0.2) is 0 Å². The van der Waals surface area contributed by atoms with E-state index in [1.807, 2.05) is 19.2 Å². The number of rotatable bonds is 3. The fraction of sp³-hybridized carbons (Fsp3) is 0.471. The molecule has 0 radical (unpaired) electrons. The van der Waals surface area contributed by atoms with Crippen molar-refractivity contribution >= 4 is 5.82 Å². The number of methoxy groups -OCH3 is 1. The molecule has 0 spiro atoms. The van der Waals surface area contributed by atoms with E-state index in [4.69, 9.17) is 10.5 Å². The molecule has 0 fully saturated rings. The summed E-state index contributed by atoms with van der Waals surface area (Å²) in [6.07, 6.45) is 0.866. The predicted octanol–water partition coefficient (Wildman–Crippen LogP) is 3.57. The number of hydrogen-bond acceptors (Lipinski definition) is 3. The van der Waals surface area contributed by atoms with Gasteiger partial charge in [-0.2, -0.15) is 5.10 Å². The highest BCUT2D eigenvalue weighted by Crippen LogP contribution is 2.38. The summed E-state index contributed by atoms with van der Waals surface area (Å²) in [6, 6.07) is 6.13. The molecule has 4 heteroatoms. The second-order valence-corrected chi connectivity index (χ2v) is 6.77. The Kier molecular flexibility index (Phi) is 3.99. The number of aromatic nitrogens is 2. The summed E-state index contributed by atoms with van der Waals surface area (Å²) in [5.41, 5.74) is 10.6. The van der Waals surface area contributed by atoms with E-state index in [0.717, 1.165) is 29.0 Å². The number of benzene rings is 1. The second-order valence-electron chi connectivity index (χ2n) is 6.77. The molecule has 0 aliphatic carbocycles. The number of aryl methyl sites for hydroxylation is 2. The van der Waals surface area contributed by atoms with Crippen LogP contribution in [0.25, 0.3) is 11.1 Å². The Morgan fingerprint density at radius 2 is 1.95 bits per heavy atom. The molecular formula is C17H25N3O. The monoisotopic (exact) mass is 287 g/mol. The molecule has 21 heavy (non-hydrogen) atoms. The molecule has 0 saturated carbocycles. The minimum Gasteiger partial charge on any atom is -0.496 e. The van der Waals surface area contributed by atoms with E-state index in [1.165, 1.54) is 5.56 Å². The zero-order chi connectivity index (χ0) is 15.8. The molecule has 2 rings (SSSR count). The SMILES string of the molecule is COc1ccc(C)cc1-c1c(CC(C)(C)C)nn(C)c1N. The lowest BCUT2D eigenvalue weighted by Crippen LogP contribution is -2.10. The molecule has 0 unspecified atom stereocenters. The van der Waals surface area contributed by atoms with Crippen molar-refractivity contribution < 1.29 is 4.74 Å². The van der Waals surface area contributed by atoms with Crippen molar-refractivity contribution in [2.24, 2.45) is 12.5 Å². The molecule has 0 amide bonds. The lowest BCUT2D eigenvalue weighted by atomic mass is 9.88. The van der Waals surface area contributed by atoms with E-state index in [0.29, 0.717) is 5.82 Å². The Morgan fingerprint density at radius 1 is 1.29 bits per heavy atom. The predicted molar refractivity (Wildman–Crippen MR) is 87.5 cm³/mol. The van der Waals surface area contributed by atoms with E-state index >= 15 is 0 Å². The minimum atomic E-state index is 0.145. The van der Waals surface area contributed by atoms with Crippen molar-refractivity contribution in [1.29, 1.82) is 0 Å². The van der Waals surface area contributed by atoms with Gasteiger partial charge in [-0.1, -0.05) is 32.4 Å². The highest BCUT2D eigenvalue weighted by Gasteiger charge is 2.23. The van der Waals surface area contributed by atoms with Gasteiger partial charge in [-0.15, -0.1) is 0 Å². The Morgan fingerprint density at radius 3 is 2.52 bits per heavy atom. The number of nitrogens with two attached hydrogens (primary N) is 1. The maximum Gasteiger partial charge on any atom is 0.129 e. The van der Waals surface area contributed by atoms with Gasteiger partial charge in [0.05, 0.1) is 18.4 Å². The van der Waals surface area contributed by atoms with E-state index in [1.54, 1.807) is 11.8 Å². The number of anilines is 1. The molecule has 4 nitrogen and oxygen atoms in total. The van der Waals surface area contributed by atoms with Gasteiger partial charge in [-0.3, -0.25) is 4.68 Å². The summed E-state index contributed by atoms with van der Waals surface area (Å²) < 4.78 is 7.26. The topological polar surface area (TPSA) is 53.1 Å². The number of ether oxygens (including phenoxy) is 1. The van der Waals surface area contributed by atoms with Crippen LogP contribution in [0.2, 0.25) is 0 Å². The number of nitrogen functional groups attached to an aromatic ring is 1. The number of nitrogens with zero attached hydrogens (tertiary/aromatic N) is 2. The molecule has 1 aromatic carbocycles. The first-order chi connectivity index (χ1) is 9.73. The van der Waals surface area contributed by atoms with Crippen LogP contribution in [0.1, 0.15) is 32.0 Å². The average Bonchev–Trinajstić information content (AvgIpc) is 2.62. The highest BCUT2D eigenvalue weighted by atomic mass is 16.5. The van der Waals surface area contributed by atoms with Gasteiger partial charge in [0.2, 0.25) is 0 Å². The fourth-order valence-corrected chi connectivity index (χ4v) is 2.53. The Labute approximate surface area is 126 Å². The Bertz CT molecular complexity index is 651. The van der Waals surface area contributed by atoms with Crippen molar-refractivity contribution in [3.8, 4) is 16.9 Å². The molecule has 2 aromatic rings. The smallest absolute Gasteiger partial charge is 0.129 e. The van der Waals surface area contributed by atoms with Crippen LogP contribution in [0, 0.1) is 12.3 Å². The van der Waals surface area contributed by atoms with Crippen LogP contribution in [0.5, 0.6) is 5.75 Å². The van der Waals surface area contributed by atoms with Crippen molar-refractivity contribution in [1.82, 2.24) is 9.78 Å². The molecule has 1 heterocycles. The second kappa shape index (κ2) is 5.43. The zero-order valence-electron chi connectivity index (χ0n) is 13.8. The first-order valence-corrected chi connectivity index (χ1v) is 7.19. The van der Waals surface area contributed by atoms with Crippen LogP contribution in [-0.4, -0.2) is 16.9 Å². The van der Waals surface area contributed by atoms with E-state index in [9.17, 15) is 0 Å². The molecule has 2 N–H and O–H groups in total. The van der Waals surface area contributed by atoms with Gasteiger partial charge in [0.1, 0.15) is 11.6 Å². The molecule has 0 aliphatic rings. The maximum atomic E-state index is 6.27. The Balaban J connectivity index is 2.65. The van der Waals surface area contributed by atoms with Crippen molar-refractivity contribution in [3.63, 3.8) is 0 Å². The summed E-state index contributed by atoms with van der Waals surface area (Å²) in [5, 5.41) is 4.61. The van der Waals surface area contributed by atoms with Gasteiger partial charge in [0.25, 0.3) is 0 Å². The largest absolute Gasteiger partial charge is 0.496 e. The van der Waals surface area contributed by atoms with E-state index in [-0.39, 0.29) is 5.41 Å². The summed E-state index contributed by atoms with van der Waals surface area (Å²) in [7, 11) is 3.57. The quantitative estimate of drug-likeness (QED) is 0.939. The average molecular weight is 287 g/mol. The third kappa shape index (κ3) is 3.20. The summed E-state index contributed by atoms with van der Waals surface area (Å²) in [6.45, 7) is 8.68. The summed E-state index contributed by atoms with van der Waals surface area (Å²) >= 11 is 0. The van der Waals surface area contributed by atoms with E-state index in [2.05, 4.69) is 38.9 Å². The van der Waals surface area contributed by atoms with Crippen molar-refractivity contribution in [3.05, 3.63) is 29.5 Å². The lowest BCUT2D eigenvalue weighted by Gasteiger charge is -2.18. The lowest BCUT2D eigenvalue weighted by molar-refractivity contribution is 0.404. The standard InChI is InChI=1S/C17H25N3O/c1-11-7-8-14(21-6)12(9-11)15-13(10-17(2,3)4)19-20(5)16(15)18/h7-9H,10,18H2,1-6H3. The third-order valence-electron chi connectivity index (χ3n) is 3.49. The highest BCUT2D eigenvalue weighted by molar-refractivity contribution is 5.81. The van der Waals surface area contributed by atoms with Crippen molar-refractivity contribution in [2.45, 2.75) is 34.1 Å². The van der Waals surface area contributed by atoms with Crippen LogP contribution in [0.15, 0.2) is 18.2 Å². The number of hydrogen-bond donors (Lipinski definition) is 1. The summed E-state index contributed by atoms with van der Waals surface area (Å²) in [4.78, 5) is 0. The molecule has 0 atom stereocenters. The molecule has 114 valence electrons. The fourth-order valence-electron chi connectivity index (χ4n) is 2.53. The van der Waals surface area contributed by atoms with Gasteiger partial charge in [0, 0.05) is 12.6 Å². The summed E-state index contributed by atoms with van der Waals surface area (Å²) in [5.74, 6) is 1.51. The van der Waals surface area contributed by atoms with Crippen molar-refractivity contribution in [2.75, 3.05) is 12.8 Å². The normalized spacial score (nSPS) is 11.7. The van der Waals surface area contributed by atoms with Gasteiger partial charge < -0.3 is 10.5 Å². The minimum absolute atomic E-state index is 0.145. The van der Waals surface area contributed by atoms with Crippen LogP contribution >= 0.6 is 0 Å². The van der Waals surface area contributed by atoms with Crippen LogP contribution < -0.4 is 10.5 Å². The first-order valence-electron chi connectivity index (χ1n) is 7.19. The third-order valence-corrected chi connectivity index (χ3v) is 3.49. The molecule has 0 bridgehead atoms. The first kappa shape index (κ1) is 15.4. The maximum absolute atomic E-state index is 6.27. The molecular weight excluding hydrogens is 262 g/mol. The van der Waals surface area contributed by atoms with Crippen LogP contribution in [0.4, 0.5) is 5.82 Å². The van der Waals surface area contributed by atoms with Gasteiger partial charge in [0.15, 0.2) is 0 Å². The van der Waals surface area contributed by atoms with Crippen LogP contribution in [-0.2, 0) is 13.5 Å². The zero-order valence-corrected chi connectivity index (χ0v) is 13.8. The van der Waals surface area contributed by atoms with Gasteiger partial charge >= 0.3 is 0 Å². The molecule has 1 aromatic heterocycles. The van der Waals surface area contributed by atoms with Gasteiger partial charge in [-0.05, 0) is 30.9 Å².